The van der Waals surface area contributed by atoms with E-state index in [0.717, 1.165) is 30.1 Å². The van der Waals surface area contributed by atoms with Crippen LogP contribution >= 0.6 is 11.6 Å². The molecule has 0 aliphatic carbocycles. The van der Waals surface area contributed by atoms with E-state index in [4.69, 9.17) is 16.3 Å². The minimum atomic E-state index is 0.0692. The molecule has 0 spiro atoms. The third-order valence-corrected chi connectivity index (χ3v) is 5.32. The maximum absolute atomic E-state index is 13.0. The summed E-state index contributed by atoms with van der Waals surface area (Å²) in [4.78, 5) is 17.2. The highest BCUT2D eigenvalue weighted by Crippen LogP contribution is 2.21. The van der Waals surface area contributed by atoms with Gasteiger partial charge in [-0.1, -0.05) is 23.7 Å². The molecule has 7 heteroatoms. The number of carbonyl (C=O) groups excluding carboxylic acids is 1. The molecule has 6 nitrogen and oxygen atoms in total. The molecule has 0 unspecified atom stereocenters. The summed E-state index contributed by atoms with van der Waals surface area (Å²) in [7, 11) is 1.67. The number of rotatable bonds is 5. The van der Waals surface area contributed by atoms with Gasteiger partial charge < -0.3 is 14.5 Å². The number of nitrogens with zero attached hydrogens (tertiary/aromatic N) is 4. The Kier molecular flexibility index (Phi) is 5.71. The monoisotopic (exact) mass is 410 g/mol. The summed E-state index contributed by atoms with van der Waals surface area (Å²) in [6.07, 6.45) is 3.38. The lowest BCUT2D eigenvalue weighted by Crippen LogP contribution is -2.48. The number of benzene rings is 2. The Balaban J connectivity index is 1.38. The lowest BCUT2D eigenvalue weighted by Gasteiger charge is -2.36. The summed E-state index contributed by atoms with van der Waals surface area (Å²) >= 11 is 5.93. The van der Waals surface area contributed by atoms with E-state index in [-0.39, 0.29) is 5.91 Å². The number of amides is 1. The molecule has 1 fully saturated rings. The highest BCUT2D eigenvalue weighted by Gasteiger charge is 2.22. The summed E-state index contributed by atoms with van der Waals surface area (Å²) in [5.41, 5.74) is 2.88. The van der Waals surface area contributed by atoms with Crippen LogP contribution in [-0.2, 0) is 6.54 Å². The first-order valence-corrected chi connectivity index (χ1v) is 9.95. The third kappa shape index (κ3) is 4.54. The van der Waals surface area contributed by atoms with Crippen molar-refractivity contribution in [2.24, 2.45) is 0 Å². The van der Waals surface area contributed by atoms with E-state index >= 15 is 0 Å². The molecule has 2 aromatic carbocycles. The molecule has 0 N–H and O–H groups in total. The van der Waals surface area contributed by atoms with Crippen molar-refractivity contribution in [1.29, 1.82) is 0 Å². The molecule has 1 aromatic heterocycles. The van der Waals surface area contributed by atoms with Gasteiger partial charge in [0.1, 0.15) is 5.75 Å². The van der Waals surface area contributed by atoms with Crippen LogP contribution in [0, 0.1) is 0 Å². The van der Waals surface area contributed by atoms with Crippen molar-refractivity contribution in [3.05, 3.63) is 77.1 Å². The molecule has 4 rings (SSSR count). The Morgan fingerprint density at radius 3 is 2.52 bits per heavy atom. The topological polar surface area (TPSA) is 50.6 Å². The predicted molar refractivity (Wildman–Crippen MR) is 114 cm³/mol. The lowest BCUT2D eigenvalue weighted by molar-refractivity contribution is 0.0746. The minimum absolute atomic E-state index is 0.0692. The molecule has 1 aliphatic rings. The van der Waals surface area contributed by atoms with Gasteiger partial charge in [-0.25, -0.2) is 0 Å². The fourth-order valence-electron chi connectivity index (χ4n) is 3.56. The molecule has 2 heterocycles. The molecule has 3 aromatic rings. The number of aromatic nitrogens is 2. The first-order valence-electron chi connectivity index (χ1n) is 9.57. The highest BCUT2D eigenvalue weighted by atomic mass is 35.5. The molecule has 1 aliphatic heterocycles. The standard InChI is InChI=1S/C22H23ClN4O2/c1-29-21-7-5-20(6-8-21)25-9-11-26(12-10-25)22(28)18-4-2-3-17(13-18)15-27-16-19(23)14-24-27/h2-8,13-14,16H,9-12,15H2,1H3. The van der Waals surface area contributed by atoms with Gasteiger partial charge in [-0.3, -0.25) is 9.48 Å². The van der Waals surface area contributed by atoms with Crippen LogP contribution in [0.2, 0.25) is 5.02 Å². The fraction of sp³-hybridized carbons (Fsp3) is 0.273. The van der Waals surface area contributed by atoms with Crippen LogP contribution in [0.5, 0.6) is 5.75 Å². The lowest BCUT2D eigenvalue weighted by atomic mass is 10.1. The summed E-state index contributed by atoms with van der Waals surface area (Å²) in [6, 6.07) is 15.8. The van der Waals surface area contributed by atoms with E-state index in [0.29, 0.717) is 30.2 Å². The zero-order chi connectivity index (χ0) is 20.2. The van der Waals surface area contributed by atoms with Crippen LogP contribution in [-0.4, -0.2) is 53.9 Å². The van der Waals surface area contributed by atoms with Crippen LogP contribution in [0.15, 0.2) is 60.9 Å². The summed E-state index contributed by atoms with van der Waals surface area (Å²) in [5.74, 6) is 0.916. The van der Waals surface area contributed by atoms with Gasteiger partial charge in [-0.15, -0.1) is 0 Å². The molecule has 0 bridgehead atoms. The van der Waals surface area contributed by atoms with Gasteiger partial charge in [0.2, 0.25) is 0 Å². The first kappa shape index (κ1) is 19.3. The number of halogens is 1. The van der Waals surface area contributed by atoms with Gasteiger partial charge in [0, 0.05) is 43.6 Å². The SMILES string of the molecule is COc1ccc(N2CCN(C(=O)c3cccc(Cn4cc(Cl)cn4)c3)CC2)cc1. The van der Waals surface area contributed by atoms with E-state index in [2.05, 4.69) is 22.1 Å². The third-order valence-electron chi connectivity index (χ3n) is 5.12. The largest absolute Gasteiger partial charge is 0.497 e. The van der Waals surface area contributed by atoms with Crippen molar-refractivity contribution in [2.45, 2.75) is 6.54 Å². The zero-order valence-electron chi connectivity index (χ0n) is 16.3. The van der Waals surface area contributed by atoms with E-state index in [1.807, 2.05) is 41.3 Å². The predicted octanol–water partition coefficient (Wildman–Crippen LogP) is 3.56. The number of methoxy groups -OCH3 is 1. The zero-order valence-corrected chi connectivity index (χ0v) is 17.0. The summed E-state index contributed by atoms with van der Waals surface area (Å²) in [6.45, 7) is 3.60. The maximum atomic E-state index is 13.0. The average molecular weight is 411 g/mol. The van der Waals surface area contributed by atoms with Crippen molar-refractivity contribution < 1.29 is 9.53 Å². The minimum Gasteiger partial charge on any atom is -0.497 e. The number of anilines is 1. The van der Waals surface area contributed by atoms with Crippen LogP contribution < -0.4 is 9.64 Å². The normalized spacial score (nSPS) is 14.1. The van der Waals surface area contributed by atoms with Gasteiger partial charge in [-0.05, 0) is 42.0 Å². The second-order valence-electron chi connectivity index (χ2n) is 7.03. The van der Waals surface area contributed by atoms with Crippen LogP contribution in [0.25, 0.3) is 0 Å². The number of ether oxygens (including phenoxy) is 1. The number of hydrogen-bond acceptors (Lipinski definition) is 4. The maximum Gasteiger partial charge on any atom is 0.253 e. The fourth-order valence-corrected chi connectivity index (χ4v) is 3.71. The smallest absolute Gasteiger partial charge is 0.253 e. The van der Waals surface area contributed by atoms with Crippen molar-refractivity contribution in [1.82, 2.24) is 14.7 Å². The first-order chi connectivity index (χ1) is 14.1. The van der Waals surface area contributed by atoms with Crippen LogP contribution in [0.1, 0.15) is 15.9 Å². The van der Waals surface area contributed by atoms with Crippen molar-refractivity contribution >= 4 is 23.2 Å². The summed E-state index contributed by atoms with van der Waals surface area (Å²) in [5, 5.41) is 4.80. The Bertz CT molecular complexity index is 978. The van der Waals surface area contributed by atoms with Crippen molar-refractivity contribution in [3.8, 4) is 5.75 Å². The summed E-state index contributed by atoms with van der Waals surface area (Å²) < 4.78 is 6.98. The van der Waals surface area contributed by atoms with Crippen molar-refractivity contribution in [2.75, 3.05) is 38.2 Å². The van der Waals surface area contributed by atoms with E-state index < -0.39 is 0 Å². The molecule has 1 amide bonds. The molecule has 0 radical (unpaired) electrons. The van der Waals surface area contributed by atoms with Crippen molar-refractivity contribution in [3.63, 3.8) is 0 Å². The molecule has 1 saturated heterocycles. The van der Waals surface area contributed by atoms with E-state index in [9.17, 15) is 4.79 Å². The molecule has 29 heavy (non-hydrogen) atoms. The van der Waals surface area contributed by atoms with Crippen LogP contribution in [0.4, 0.5) is 5.69 Å². The van der Waals surface area contributed by atoms with Gasteiger partial charge in [-0.2, -0.15) is 5.10 Å². The van der Waals surface area contributed by atoms with E-state index in [1.165, 1.54) is 0 Å². The Hall–Kier alpha value is -2.99. The second-order valence-corrected chi connectivity index (χ2v) is 7.47. The van der Waals surface area contributed by atoms with Gasteiger partial charge in [0.15, 0.2) is 0 Å². The van der Waals surface area contributed by atoms with E-state index in [1.54, 1.807) is 24.2 Å². The molecule has 150 valence electrons. The Morgan fingerprint density at radius 2 is 1.86 bits per heavy atom. The number of piperazine rings is 1. The Labute approximate surface area is 175 Å². The molecule has 0 atom stereocenters. The van der Waals surface area contributed by atoms with Gasteiger partial charge in [0.25, 0.3) is 5.91 Å². The number of hydrogen-bond donors (Lipinski definition) is 0. The molecular formula is C22H23ClN4O2. The van der Waals surface area contributed by atoms with Gasteiger partial charge >= 0.3 is 0 Å². The second kappa shape index (κ2) is 8.57. The molecular weight excluding hydrogens is 388 g/mol. The quantitative estimate of drug-likeness (QED) is 0.645. The highest BCUT2D eigenvalue weighted by molar-refractivity contribution is 6.30. The molecule has 0 saturated carbocycles. The van der Waals surface area contributed by atoms with Gasteiger partial charge in [0.05, 0.1) is 24.9 Å². The average Bonchev–Trinajstić information content (AvgIpc) is 3.18. The Morgan fingerprint density at radius 1 is 1.10 bits per heavy atom. The number of carbonyl (C=O) groups is 1. The van der Waals surface area contributed by atoms with Crippen LogP contribution in [0.3, 0.4) is 0 Å².